The van der Waals surface area contributed by atoms with Crippen LogP contribution in [0.3, 0.4) is 0 Å². The van der Waals surface area contributed by atoms with E-state index >= 15 is 0 Å². The number of carbonyl (C=O) groups is 1. The van der Waals surface area contributed by atoms with Gasteiger partial charge < -0.3 is 9.47 Å². The summed E-state index contributed by atoms with van der Waals surface area (Å²) in [6, 6.07) is 21.7. The van der Waals surface area contributed by atoms with Gasteiger partial charge in [0.05, 0.1) is 30.4 Å². The average molecular weight is 433 g/mol. The lowest BCUT2D eigenvalue weighted by Crippen LogP contribution is -2.32. The normalized spacial score (nSPS) is 16.6. The van der Waals surface area contributed by atoms with Crippen molar-refractivity contribution in [3.8, 4) is 5.75 Å². The Labute approximate surface area is 186 Å². The maximum absolute atomic E-state index is 13.2. The number of carbonyl (C=O) groups excluding carboxylic acids is 1. The molecule has 1 heterocycles. The number of hydrogen-bond donors (Lipinski definition) is 0. The van der Waals surface area contributed by atoms with Crippen LogP contribution in [0.25, 0.3) is 16.8 Å². The van der Waals surface area contributed by atoms with Gasteiger partial charge >= 0.3 is 0 Å². The van der Waals surface area contributed by atoms with E-state index in [1.807, 2.05) is 73.7 Å². The third-order valence-corrected chi connectivity index (χ3v) is 5.90. The molecule has 0 spiro atoms. The van der Waals surface area contributed by atoms with Crippen LogP contribution < -0.4 is 4.74 Å². The second-order valence-electron chi connectivity index (χ2n) is 6.92. The number of hydrogen-bond acceptors (Lipinski definition) is 5. The van der Waals surface area contributed by atoms with E-state index in [2.05, 4.69) is 6.07 Å². The number of amides is 1. The van der Waals surface area contributed by atoms with Crippen LogP contribution in [0, 0.1) is 0 Å². The van der Waals surface area contributed by atoms with Crippen LogP contribution in [-0.4, -0.2) is 42.8 Å². The maximum Gasteiger partial charge on any atom is 0.266 e. The van der Waals surface area contributed by atoms with Crippen molar-refractivity contribution in [2.24, 2.45) is 4.99 Å². The molecule has 31 heavy (non-hydrogen) atoms. The highest BCUT2D eigenvalue weighted by atomic mass is 32.2. The van der Waals surface area contributed by atoms with E-state index in [1.165, 1.54) is 11.8 Å². The Bertz CT molecular complexity index is 1140. The predicted octanol–water partition coefficient (Wildman–Crippen LogP) is 5.49. The van der Waals surface area contributed by atoms with Crippen LogP contribution in [0.2, 0.25) is 0 Å². The van der Waals surface area contributed by atoms with Crippen LogP contribution in [0.1, 0.15) is 12.5 Å². The van der Waals surface area contributed by atoms with Crippen molar-refractivity contribution < 1.29 is 14.3 Å². The lowest BCUT2D eigenvalue weighted by Gasteiger charge is -2.14. The summed E-state index contributed by atoms with van der Waals surface area (Å²) in [7, 11) is 1.63. The molecule has 6 heteroatoms. The second-order valence-corrected chi connectivity index (χ2v) is 7.93. The molecule has 0 aromatic heterocycles. The van der Waals surface area contributed by atoms with Gasteiger partial charge in [-0.15, -0.1) is 0 Å². The van der Waals surface area contributed by atoms with Crippen LogP contribution >= 0.6 is 11.8 Å². The Morgan fingerprint density at radius 2 is 1.74 bits per heavy atom. The molecule has 1 aliphatic rings. The minimum atomic E-state index is -0.0605. The number of benzene rings is 3. The summed E-state index contributed by atoms with van der Waals surface area (Å²) >= 11 is 1.39. The molecule has 0 aliphatic carbocycles. The molecule has 0 bridgehead atoms. The topological polar surface area (TPSA) is 51.1 Å². The molecular weight excluding hydrogens is 408 g/mol. The van der Waals surface area contributed by atoms with Gasteiger partial charge in [0.1, 0.15) is 5.75 Å². The fourth-order valence-electron chi connectivity index (χ4n) is 3.43. The molecule has 0 atom stereocenters. The third kappa shape index (κ3) is 4.65. The van der Waals surface area contributed by atoms with Gasteiger partial charge in [-0.3, -0.25) is 9.69 Å². The highest BCUT2D eigenvalue weighted by Crippen LogP contribution is 2.36. The molecule has 1 amide bonds. The van der Waals surface area contributed by atoms with Crippen LogP contribution in [0.15, 0.2) is 76.6 Å². The molecule has 158 valence electrons. The highest BCUT2D eigenvalue weighted by Gasteiger charge is 2.33. The predicted molar refractivity (Wildman–Crippen MR) is 128 cm³/mol. The van der Waals surface area contributed by atoms with E-state index in [0.717, 1.165) is 27.8 Å². The maximum atomic E-state index is 13.2. The molecule has 3 aromatic carbocycles. The van der Waals surface area contributed by atoms with Crippen molar-refractivity contribution in [2.75, 3.05) is 26.9 Å². The Morgan fingerprint density at radius 1 is 1.00 bits per heavy atom. The van der Waals surface area contributed by atoms with Crippen LogP contribution in [0.5, 0.6) is 5.75 Å². The second kappa shape index (κ2) is 9.81. The zero-order chi connectivity index (χ0) is 21.6. The first-order chi connectivity index (χ1) is 15.2. The van der Waals surface area contributed by atoms with Gasteiger partial charge in [-0.25, -0.2) is 4.99 Å². The van der Waals surface area contributed by atoms with Gasteiger partial charge in [-0.05, 0) is 53.9 Å². The fourth-order valence-corrected chi connectivity index (χ4v) is 4.44. The van der Waals surface area contributed by atoms with Crippen molar-refractivity contribution in [3.63, 3.8) is 0 Å². The van der Waals surface area contributed by atoms with Crippen molar-refractivity contribution in [3.05, 3.63) is 77.2 Å². The molecule has 0 radical (unpaired) electrons. The van der Waals surface area contributed by atoms with E-state index in [0.29, 0.717) is 29.8 Å². The number of amidine groups is 1. The largest absolute Gasteiger partial charge is 0.493 e. The highest BCUT2D eigenvalue weighted by molar-refractivity contribution is 8.18. The summed E-state index contributed by atoms with van der Waals surface area (Å²) in [5.41, 5.74) is 1.79. The number of nitrogens with zero attached hydrogens (tertiary/aromatic N) is 2. The standard InChI is InChI=1S/C25H24N2O3S/c1-3-30-22-14-13-18(20-11-7-8-12-21(20)22)17-23-24(28)27(15-16-29-2)25(31-23)26-19-9-5-4-6-10-19/h4-14,17H,3,15-16H2,1-2H3/b23-17-,26-25?. The van der Waals surface area contributed by atoms with Crippen LogP contribution in [-0.2, 0) is 9.53 Å². The van der Waals surface area contributed by atoms with Gasteiger partial charge in [0, 0.05) is 12.5 Å². The van der Waals surface area contributed by atoms with Gasteiger partial charge in [0.15, 0.2) is 5.17 Å². The minimum absolute atomic E-state index is 0.0605. The molecule has 1 saturated heterocycles. The molecular formula is C25H24N2O3S. The zero-order valence-electron chi connectivity index (χ0n) is 17.6. The lowest BCUT2D eigenvalue weighted by atomic mass is 10.0. The molecule has 0 N–H and O–H groups in total. The van der Waals surface area contributed by atoms with Crippen molar-refractivity contribution in [2.45, 2.75) is 6.92 Å². The van der Waals surface area contributed by atoms with Gasteiger partial charge in [-0.1, -0.05) is 48.5 Å². The summed E-state index contributed by atoms with van der Waals surface area (Å²) in [6.45, 7) is 3.47. The monoisotopic (exact) mass is 432 g/mol. The minimum Gasteiger partial charge on any atom is -0.493 e. The van der Waals surface area contributed by atoms with Gasteiger partial charge in [0.2, 0.25) is 0 Å². The van der Waals surface area contributed by atoms with E-state index < -0.39 is 0 Å². The summed E-state index contributed by atoms with van der Waals surface area (Å²) in [6.07, 6.45) is 1.94. The number of ether oxygens (including phenoxy) is 2. The quantitative estimate of drug-likeness (QED) is 0.463. The summed E-state index contributed by atoms with van der Waals surface area (Å²) in [5, 5.41) is 2.74. The first-order valence-electron chi connectivity index (χ1n) is 10.2. The fraction of sp³-hybridized carbons (Fsp3) is 0.200. The Balaban J connectivity index is 1.73. The number of methoxy groups -OCH3 is 1. The number of para-hydroxylation sites is 1. The molecule has 3 aromatic rings. The molecule has 1 fully saturated rings. The molecule has 1 aliphatic heterocycles. The summed E-state index contributed by atoms with van der Waals surface area (Å²) in [5.74, 6) is 0.786. The zero-order valence-corrected chi connectivity index (χ0v) is 18.4. The van der Waals surface area contributed by atoms with E-state index in [4.69, 9.17) is 14.5 Å². The van der Waals surface area contributed by atoms with E-state index in [1.54, 1.807) is 12.0 Å². The average Bonchev–Trinajstić information content (AvgIpc) is 3.08. The Hall–Kier alpha value is -3.09. The van der Waals surface area contributed by atoms with Crippen molar-refractivity contribution in [1.82, 2.24) is 4.90 Å². The van der Waals surface area contributed by atoms with E-state index in [-0.39, 0.29) is 5.91 Å². The summed E-state index contributed by atoms with van der Waals surface area (Å²) < 4.78 is 11.0. The Kier molecular flexibility index (Phi) is 6.70. The molecule has 0 unspecified atom stereocenters. The van der Waals surface area contributed by atoms with Crippen molar-refractivity contribution in [1.29, 1.82) is 0 Å². The smallest absolute Gasteiger partial charge is 0.266 e. The number of fused-ring (bicyclic) bond motifs is 1. The number of thioether (sulfide) groups is 1. The van der Waals surface area contributed by atoms with Gasteiger partial charge in [-0.2, -0.15) is 0 Å². The Morgan fingerprint density at radius 3 is 2.48 bits per heavy atom. The number of rotatable bonds is 7. The first-order valence-corrected chi connectivity index (χ1v) is 11.0. The molecule has 5 nitrogen and oxygen atoms in total. The van der Waals surface area contributed by atoms with Crippen LogP contribution in [0.4, 0.5) is 5.69 Å². The van der Waals surface area contributed by atoms with Gasteiger partial charge in [0.25, 0.3) is 5.91 Å². The summed E-state index contributed by atoms with van der Waals surface area (Å²) in [4.78, 5) is 20.2. The lowest BCUT2D eigenvalue weighted by molar-refractivity contribution is -0.122. The SMILES string of the molecule is CCOc1ccc(/C=C2\SC(=Nc3ccccc3)N(CCOC)C2=O)c2ccccc12. The first kappa shape index (κ1) is 21.2. The number of aliphatic imine (C=N–C) groups is 1. The molecule has 4 rings (SSSR count). The molecule has 0 saturated carbocycles. The third-order valence-electron chi connectivity index (χ3n) is 4.89. The van der Waals surface area contributed by atoms with Crippen molar-refractivity contribution >= 4 is 45.4 Å². The van der Waals surface area contributed by atoms with E-state index in [9.17, 15) is 4.79 Å².